The lowest BCUT2D eigenvalue weighted by atomic mass is 10.4. The molecule has 5 N–H and O–H groups in total. The largest absolute Gasteiger partial charge is 0.360 e. The van der Waals surface area contributed by atoms with Crippen molar-refractivity contribution in [1.29, 1.82) is 0 Å². The predicted octanol–water partition coefficient (Wildman–Crippen LogP) is 0.461. The quantitative estimate of drug-likeness (QED) is 0.465. The molecule has 0 unspecified atom stereocenters. The van der Waals surface area contributed by atoms with E-state index in [9.17, 15) is 4.79 Å². The van der Waals surface area contributed by atoms with Gasteiger partial charge in [-0.1, -0.05) is 0 Å². The van der Waals surface area contributed by atoms with Crippen molar-refractivity contribution in [2.24, 2.45) is 5.84 Å². The number of nitrogens with zero attached hydrogens (tertiary/aromatic N) is 2. The van der Waals surface area contributed by atoms with Gasteiger partial charge in [-0.3, -0.25) is 4.79 Å². The number of nitrogens with two attached hydrogens (primary N) is 1. The first kappa shape index (κ1) is 13.7. The topological polar surface area (TPSA) is 105 Å². The van der Waals surface area contributed by atoms with Gasteiger partial charge in [0.05, 0.1) is 6.54 Å². The van der Waals surface area contributed by atoms with Gasteiger partial charge >= 0.3 is 0 Å². The molecule has 1 rings (SSSR count). The molecule has 8 heteroatoms. The number of anilines is 2. The van der Waals surface area contributed by atoms with Gasteiger partial charge < -0.3 is 16.1 Å². The third-order valence-electron chi connectivity index (χ3n) is 1.79. The Morgan fingerprint density at radius 2 is 2.12 bits per heavy atom. The van der Waals surface area contributed by atoms with Crippen LogP contribution in [0, 0.1) is 0 Å². The van der Waals surface area contributed by atoms with Crippen molar-refractivity contribution in [2.45, 2.75) is 19.9 Å². The predicted molar refractivity (Wildman–Crippen MR) is 69.3 cm³/mol. The van der Waals surface area contributed by atoms with Crippen molar-refractivity contribution >= 4 is 33.5 Å². The van der Waals surface area contributed by atoms with Crippen molar-refractivity contribution < 1.29 is 4.79 Å². The Kier molecular flexibility index (Phi) is 5.11. The minimum absolute atomic E-state index is 0.104. The van der Waals surface area contributed by atoms with Gasteiger partial charge in [0.15, 0.2) is 5.82 Å². The van der Waals surface area contributed by atoms with Crippen LogP contribution in [0.3, 0.4) is 0 Å². The van der Waals surface area contributed by atoms with Crippen LogP contribution >= 0.6 is 15.9 Å². The van der Waals surface area contributed by atoms with Crippen LogP contribution in [0.1, 0.15) is 13.8 Å². The molecule has 0 aliphatic heterocycles. The summed E-state index contributed by atoms with van der Waals surface area (Å²) in [4.78, 5) is 19.3. The van der Waals surface area contributed by atoms with Crippen molar-refractivity contribution in [2.75, 3.05) is 17.3 Å². The molecule has 1 amide bonds. The molecule has 0 spiro atoms. The number of hydrazine groups is 1. The Balaban J connectivity index is 2.60. The zero-order valence-electron chi connectivity index (χ0n) is 9.62. The van der Waals surface area contributed by atoms with Crippen LogP contribution in [0.2, 0.25) is 0 Å². The molecule has 0 saturated carbocycles. The summed E-state index contributed by atoms with van der Waals surface area (Å²) in [6.45, 7) is 3.93. The Morgan fingerprint density at radius 3 is 2.71 bits per heavy atom. The van der Waals surface area contributed by atoms with E-state index in [0.29, 0.717) is 16.1 Å². The number of hydrogen-bond donors (Lipinski definition) is 4. The summed E-state index contributed by atoms with van der Waals surface area (Å²) in [7, 11) is 0. The lowest BCUT2D eigenvalue weighted by Gasteiger charge is -2.11. The summed E-state index contributed by atoms with van der Waals surface area (Å²) in [5.41, 5.74) is 2.42. The molecule has 0 aliphatic carbocycles. The Morgan fingerprint density at radius 1 is 1.47 bits per heavy atom. The number of nitrogen functional groups attached to an aromatic ring is 1. The van der Waals surface area contributed by atoms with Crippen LogP contribution in [0.5, 0.6) is 0 Å². The first-order chi connectivity index (χ1) is 8.04. The maximum Gasteiger partial charge on any atom is 0.239 e. The number of halogens is 1. The minimum Gasteiger partial charge on any atom is -0.360 e. The number of carbonyl (C=O) groups is 1. The highest BCUT2D eigenvalue weighted by atomic mass is 79.9. The normalized spacial score (nSPS) is 10.2. The van der Waals surface area contributed by atoms with Crippen LogP contribution in [0.25, 0.3) is 0 Å². The summed E-state index contributed by atoms with van der Waals surface area (Å²) >= 11 is 3.28. The highest BCUT2D eigenvalue weighted by Gasteiger charge is 2.09. The molecule has 0 bridgehead atoms. The summed E-state index contributed by atoms with van der Waals surface area (Å²) in [6.07, 6.45) is 1.35. The molecule has 0 saturated heterocycles. The van der Waals surface area contributed by atoms with E-state index in [1.165, 1.54) is 6.33 Å². The summed E-state index contributed by atoms with van der Waals surface area (Å²) < 4.78 is 0.583. The van der Waals surface area contributed by atoms with Gasteiger partial charge in [-0.05, 0) is 29.8 Å². The van der Waals surface area contributed by atoms with E-state index in [4.69, 9.17) is 5.84 Å². The minimum atomic E-state index is -0.104. The lowest BCUT2D eigenvalue weighted by molar-refractivity contribution is -0.119. The fraction of sp³-hybridized carbons (Fsp3) is 0.444. The maximum atomic E-state index is 11.4. The van der Waals surface area contributed by atoms with Gasteiger partial charge in [0.25, 0.3) is 0 Å². The molecule has 0 atom stereocenters. The molecule has 1 heterocycles. The van der Waals surface area contributed by atoms with E-state index < -0.39 is 0 Å². The standard InChI is InChI=1S/C9H15BrN6O/c1-5(2)15-6(17)3-12-8-7(10)9(16-11)14-4-13-8/h4-5H,3,11H2,1-2H3,(H,15,17)(H2,12,13,14,16). The van der Waals surface area contributed by atoms with E-state index in [1.807, 2.05) is 13.8 Å². The zero-order chi connectivity index (χ0) is 12.8. The molecular weight excluding hydrogens is 288 g/mol. The third-order valence-corrected chi connectivity index (χ3v) is 2.54. The van der Waals surface area contributed by atoms with Crippen molar-refractivity contribution in [3.63, 3.8) is 0 Å². The number of carbonyl (C=O) groups excluding carboxylic acids is 1. The molecule has 7 nitrogen and oxygen atoms in total. The molecule has 0 aromatic carbocycles. The van der Waals surface area contributed by atoms with Gasteiger partial charge in [-0.25, -0.2) is 15.8 Å². The van der Waals surface area contributed by atoms with Crippen LogP contribution in [0.4, 0.5) is 11.6 Å². The van der Waals surface area contributed by atoms with Crippen molar-refractivity contribution in [3.05, 3.63) is 10.8 Å². The number of aromatic nitrogens is 2. The molecule has 0 fully saturated rings. The molecule has 1 aromatic heterocycles. The fourth-order valence-electron chi connectivity index (χ4n) is 1.13. The lowest BCUT2D eigenvalue weighted by Crippen LogP contribution is -2.35. The zero-order valence-corrected chi connectivity index (χ0v) is 11.2. The molecule has 1 aromatic rings. The van der Waals surface area contributed by atoms with Crippen molar-refractivity contribution in [1.82, 2.24) is 15.3 Å². The SMILES string of the molecule is CC(C)NC(=O)CNc1ncnc(NN)c1Br. The Hall–Kier alpha value is -1.41. The first-order valence-electron chi connectivity index (χ1n) is 5.05. The van der Waals surface area contributed by atoms with Gasteiger partial charge in [-0.15, -0.1) is 0 Å². The Labute approximate surface area is 108 Å². The van der Waals surface area contributed by atoms with Crippen LogP contribution in [-0.4, -0.2) is 28.5 Å². The summed E-state index contributed by atoms with van der Waals surface area (Å²) in [5, 5.41) is 5.65. The highest BCUT2D eigenvalue weighted by molar-refractivity contribution is 9.10. The average molecular weight is 303 g/mol. The molecule has 94 valence electrons. The van der Waals surface area contributed by atoms with E-state index in [0.717, 1.165) is 0 Å². The second-order valence-corrected chi connectivity index (χ2v) is 4.40. The van der Waals surface area contributed by atoms with Gasteiger partial charge in [0, 0.05) is 6.04 Å². The highest BCUT2D eigenvalue weighted by Crippen LogP contribution is 2.25. The number of nitrogens with one attached hydrogen (secondary N) is 3. The number of amides is 1. The molecular formula is C9H15BrN6O. The van der Waals surface area contributed by atoms with E-state index in [-0.39, 0.29) is 18.5 Å². The van der Waals surface area contributed by atoms with Crippen LogP contribution < -0.4 is 21.9 Å². The Bertz CT molecular complexity index is 397. The van der Waals surface area contributed by atoms with Crippen molar-refractivity contribution in [3.8, 4) is 0 Å². The van der Waals surface area contributed by atoms with Gasteiger partial charge in [-0.2, -0.15) is 0 Å². The average Bonchev–Trinajstić information content (AvgIpc) is 2.27. The maximum absolute atomic E-state index is 11.4. The summed E-state index contributed by atoms with van der Waals surface area (Å²) in [5.74, 6) is 6.12. The smallest absolute Gasteiger partial charge is 0.239 e. The monoisotopic (exact) mass is 302 g/mol. The number of rotatable bonds is 5. The van der Waals surface area contributed by atoms with E-state index in [1.54, 1.807) is 0 Å². The van der Waals surface area contributed by atoms with Crippen LogP contribution in [-0.2, 0) is 4.79 Å². The molecule has 0 aliphatic rings. The summed E-state index contributed by atoms with van der Waals surface area (Å²) in [6, 6.07) is 0.111. The third kappa shape index (κ3) is 4.16. The molecule has 0 radical (unpaired) electrons. The van der Waals surface area contributed by atoms with E-state index in [2.05, 4.69) is 42.0 Å². The fourth-order valence-corrected chi connectivity index (χ4v) is 1.59. The van der Waals surface area contributed by atoms with Gasteiger partial charge in [0.1, 0.15) is 16.6 Å². The second kappa shape index (κ2) is 6.36. The van der Waals surface area contributed by atoms with E-state index >= 15 is 0 Å². The second-order valence-electron chi connectivity index (χ2n) is 3.60. The van der Waals surface area contributed by atoms with Crippen LogP contribution in [0.15, 0.2) is 10.8 Å². The van der Waals surface area contributed by atoms with Gasteiger partial charge in [0.2, 0.25) is 5.91 Å². The first-order valence-corrected chi connectivity index (χ1v) is 5.84. The number of hydrogen-bond acceptors (Lipinski definition) is 6. The molecule has 17 heavy (non-hydrogen) atoms.